The number of nitrogens with zero attached hydrogens (tertiary/aromatic N) is 1. The summed E-state index contributed by atoms with van der Waals surface area (Å²) < 4.78 is 12.9. The van der Waals surface area contributed by atoms with Crippen LogP contribution in [0.4, 0.5) is 4.39 Å². The average Bonchev–Trinajstić information content (AvgIpc) is 2.83. The standard InChI is InChI=1S/C15H12ClFN2O/c1-8-6-11(16)13-14(15(8)20)19-12(18-13)7-9-2-4-10(17)5-3-9/h2-6,20H,7H2,1H3,(H,18,19). The molecule has 0 aliphatic rings. The molecule has 0 radical (unpaired) electrons. The average molecular weight is 291 g/mol. The second kappa shape index (κ2) is 4.80. The van der Waals surface area contributed by atoms with Gasteiger partial charge in [0.25, 0.3) is 0 Å². The molecule has 3 aromatic rings. The van der Waals surface area contributed by atoms with Crippen LogP contribution in [-0.2, 0) is 6.42 Å². The molecule has 0 bridgehead atoms. The number of phenolic OH excluding ortho intramolecular Hbond substituents is 1. The summed E-state index contributed by atoms with van der Waals surface area (Å²) in [5.41, 5.74) is 2.70. The summed E-state index contributed by atoms with van der Waals surface area (Å²) in [7, 11) is 0. The molecule has 20 heavy (non-hydrogen) atoms. The van der Waals surface area contributed by atoms with Crippen molar-refractivity contribution in [3.05, 3.63) is 58.1 Å². The van der Waals surface area contributed by atoms with Crippen LogP contribution in [-0.4, -0.2) is 15.1 Å². The number of aromatic nitrogens is 2. The predicted octanol–water partition coefficient (Wildman–Crippen LogP) is 3.96. The van der Waals surface area contributed by atoms with Gasteiger partial charge in [-0.25, -0.2) is 9.37 Å². The van der Waals surface area contributed by atoms with Crippen molar-refractivity contribution in [1.29, 1.82) is 0 Å². The Morgan fingerprint density at radius 1 is 1.30 bits per heavy atom. The van der Waals surface area contributed by atoms with E-state index < -0.39 is 0 Å². The number of hydrogen-bond acceptors (Lipinski definition) is 2. The van der Waals surface area contributed by atoms with Crippen molar-refractivity contribution < 1.29 is 9.50 Å². The normalized spacial score (nSPS) is 11.2. The van der Waals surface area contributed by atoms with Gasteiger partial charge in [0.2, 0.25) is 0 Å². The third kappa shape index (κ3) is 2.23. The van der Waals surface area contributed by atoms with E-state index >= 15 is 0 Å². The predicted molar refractivity (Wildman–Crippen MR) is 76.7 cm³/mol. The van der Waals surface area contributed by atoms with Gasteiger partial charge in [-0.1, -0.05) is 23.7 Å². The van der Waals surface area contributed by atoms with Crippen LogP contribution < -0.4 is 0 Å². The number of phenols is 1. The first kappa shape index (κ1) is 12.9. The Morgan fingerprint density at radius 2 is 2.00 bits per heavy atom. The van der Waals surface area contributed by atoms with Crippen LogP contribution in [0.2, 0.25) is 5.02 Å². The topological polar surface area (TPSA) is 48.9 Å². The molecule has 0 aliphatic carbocycles. The first-order chi connectivity index (χ1) is 9.54. The summed E-state index contributed by atoms with van der Waals surface area (Å²) in [5.74, 6) is 0.561. The lowest BCUT2D eigenvalue weighted by Crippen LogP contribution is -1.90. The number of H-pyrrole nitrogens is 1. The molecule has 102 valence electrons. The van der Waals surface area contributed by atoms with E-state index in [4.69, 9.17) is 11.6 Å². The molecule has 2 aromatic carbocycles. The molecule has 5 heteroatoms. The minimum Gasteiger partial charge on any atom is -0.505 e. The summed E-state index contributed by atoms with van der Waals surface area (Å²) in [5, 5.41) is 10.5. The number of nitrogens with one attached hydrogen (secondary N) is 1. The van der Waals surface area contributed by atoms with E-state index in [9.17, 15) is 9.50 Å². The lowest BCUT2D eigenvalue weighted by atomic mass is 10.1. The quantitative estimate of drug-likeness (QED) is 0.750. The highest BCUT2D eigenvalue weighted by Crippen LogP contribution is 2.32. The van der Waals surface area contributed by atoms with Crippen LogP contribution in [0.5, 0.6) is 5.75 Å². The molecular weight excluding hydrogens is 279 g/mol. The van der Waals surface area contributed by atoms with Crippen molar-refractivity contribution in [2.24, 2.45) is 0 Å². The van der Waals surface area contributed by atoms with Gasteiger partial charge in [0.15, 0.2) is 0 Å². The fourth-order valence-corrected chi connectivity index (χ4v) is 2.47. The summed E-state index contributed by atoms with van der Waals surface area (Å²) in [6.45, 7) is 1.78. The van der Waals surface area contributed by atoms with Crippen molar-refractivity contribution in [3.63, 3.8) is 0 Å². The van der Waals surface area contributed by atoms with Gasteiger partial charge in [-0.2, -0.15) is 0 Å². The number of halogens is 2. The maximum atomic E-state index is 12.9. The summed E-state index contributed by atoms with van der Waals surface area (Å²) in [6.07, 6.45) is 0.518. The Balaban J connectivity index is 2.03. The van der Waals surface area contributed by atoms with Crippen molar-refractivity contribution in [2.75, 3.05) is 0 Å². The second-order valence-electron chi connectivity index (χ2n) is 4.73. The number of aromatic hydroxyl groups is 1. The Hall–Kier alpha value is -2.07. The monoisotopic (exact) mass is 290 g/mol. The smallest absolute Gasteiger partial charge is 0.144 e. The van der Waals surface area contributed by atoms with E-state index in [1.165, 1.54) is 12.1 Å². The number of hydrogen-bond donors (Lipinski definition) is 2. The number of aryl methyl sites for hydroxylation is 1. The molecule has 0 saturated heterocycles. The van der Waals surface area contributed by atoms with E-state index in [1.54, 1.807) is 25.1 Å². The van der Waals surface area contributed by atoms with Gasteiger partial charge < -0.3 is 10.1 Å². The van der Waals surface area contributed by atoms with Crippen molar-refractivity contribution in [1.82, 2.24) is 9.97 Å². The minimum atomic E-state index is -0.269. The molecule has 0 unspecified atom stereocenters. The molecule has 1 heterocycles. The zero-order valence-electron chi connectivity index (χ0n) is 10.7. The van der Waals surface area contributed by atoms with Crippen LogP contribution in [0.25, 0.3) is 11.0 Å². The van der Waals surface area contributed by atoms with Crippen molar-refractivity contribution in [3.8, 4) is 5.75 Å². The third-order valence-corrected chi connectivity index (χ3v) is 3.51. The third-order valence-electron chi connectivity index (χ3n) is 3.22. The molecule has 0 aliphatic heterocycles. The highest BCUT2D eigenvalue weighted by atomic mass is 35.5. The Kier molecular flexibility index (Phi) is 3.10. The van der Waals surface area contributed by atoms with E-state index in [-0.39, 0.29) is 11.6 Å². The van der Waals surface area contributed by atoms with Crippen molar-refractivity contribution in [2.45, 2.75) is 13.3 Å². The largest absolute Gasteiger partial charge is 0.505 e. The summed E-state index contributed by atoms with van der Waals surface area (Å²) in [6, 6.07) is 7.91. The lowest BCUT2D eigenvalue weighted by molar-refractivity contribution is 0.476. The highest BCUT2D eigenvalue weighted by Gasteiger charge is 2.13. The van der Waals surface area contributed by atoms with E-state index in [0.717, 1.165) is 5.56 Å². The van der Waals surface area contributed by atoms with E-state index in [1.807, 2.05) is 0 Å². The van der Waals surface area contributed by atoms with Gasteiger partial charge in [0.1, 0.15) is 28.4 Å². The van der Waals surface area contributed by atoms with Crippen LogP contribution in [0.3, 0.4) is 0 Å². The van der Waals surface area contributed by atoms with Gasteiger partial charge in [-0.3, -0.25) is 0 Å². The van der Waals surface area contributed by atoms with Gasteiger partial charge in [0, 0.05) is 6.42 Å². The second-order valence-corrected chi connectivity index (χ2v) is 5.14. The SMILES string of the molecule is Cc1cc(Cl)c2nc(Cc3ccc(F)cc3)[nH]c2c1O. The molecule has 0 fully saturated rings. The Bertz CT molecular complexity index is 781. The zero-order chi connectivity index (χ0) is 14.3. The Labute approximate surface area is 120 Å². The summed E-state index contributed by atoms with van der Waals surface area (Å²) >= 11 is 6.13. The highest BCUT2D eigenvalue weighted by molar-refractivity contribution is 6.35. The molecular formula is C15H12ClFN2O. The van der Waals surface area contributed by atoms with Gasteiger partial charge in [0.05, 0.1) is 5.02 Å². The fraction of sp³-hybridized carbons (Fsp3) is 0.133. The van der Waals surface area contributed by atoms with Crippen LogP contribution in [0.1, 0.15) is 17.0 Å². The van der Waals surface area contributed by atoms with Gasteiger partial charge in [-0.05, 0) is 36.2 Å². The molecule has 1 aromatic heterocycles. The molecule has 2 N–H and O–H groups in total. The zero-order valence-corrected chi connectivity index (χ0v) is 11.5. The van der Waals surface area contributed by atoms with E-state index in [2.05, 4.69) is 9.97 Å². The lowest BCUT2D eigenvalue weighted by Gasteiger charge is -2.00. The first-order valence-corrected chi connectivity index (χ1v) is 6.53. The molecule has 0 spiro atoms. The van der Waals surface area contributed by atoms with Gasteiger partial charge in [-0.15, -0.1) is 0 Å². The summed E-state index contributed by atoms with van der Waals surface area (Å²) in [4.78, 5) is 7.46. The molecule has 3 rings (SSSR count). The fourth-order valence-electron chi connectivity index (χ4n) is 2.17. The Morgan fingerprint density at radius 3 is 2.70 bits per heavy atom. The molecule has 0 atom stereocenters. The van der Waals surface area contributed by atoms with E-state index in [0.29, 0.717) is 33.9 Å². The number of fused-ring (bicyclic) bond motifs is 1. The first-order valence-electron chi connectivity index (χ1n) is 6.15. The maximum absolute atomic E-state index is 12.9. The number of aromatic amines is 1. The number of rotatable bonds is 2. The minimum absolute atomic E-state index is 0.155. The molecule has 0 amide bonds. The number of benzene rings is 2. The van der Waals surface area contributed by atoms with Crippen LogP contribution in [0.15, 0.2) is 30.3 Å². The maximum Gasteiger partial charge on any atom is 0.144 e. The molecule has 3 nitrogen and oxygen atoms in total. The van der Waals surface area contributed by atoms with Crippen molar-refractivity contribution >= 4 is 22.6 Å². The van der Waals surface area contributed by atoms with Crippen LogP contribution >= 0.6 is 11.6 Å². The van der Waals surface area contributed by atoms with Gasteiger partial charge >= 0.3 is 0 Å². The molecule has 0 saturated carbocycles. The number of imidazole rings is 1. The van der Waals surface area contributed by atoms with Crippen LogP contribution in [0, 0.1) is 12.7 Å².